The van der Waals surface area contributed by atoms with Gasteiger partial charge in [-0.3, -0.25) is 4.98 Å². The van der Waals surface area contributed by atoms with Crippen LogP contribution in [0.2, 0.25) is 0 Å². The predicted molar refractivity (Wildman–Crippen MR) is 52.9 cm³/mol. The van der Waals surface area contributed by atoms with E-state index in [1.165, 1.54) is 0 Å². The summed E-state index contributed by atoms with van der Waals surface area (Å²) in [5.41, 5.74) is 0. The molecule has 1 nitrogen and oxygen atoms in total. The SMILES string of the molecule is C\C=C/C=c1/cccn/c1=C\C. The van der Waals surface area contributed by atoms with E-state index in [0.29, 0.717) is 0 Å². The van der Waals surface area contributed by atoms with Crippen molar-refractivity contribution < 1.29 is 0 Å². The molecule has 0 bridgehead atoms. The molecule has 62 valence electrons. The molecule has 0 aromatic carbocycles. The Labute approximate surface area is 72.8 Å². The second-order valence-corrected chi connectivity index (χ2v) is 2.46. The summed E-state index contributed by atoms with van der Waals surface area (Å²) in [7, 11) is 0. The van der Waals surface area contributed by atoms with Crippen molar-refractivity contribution in [3.05, 3.63) is 41.0 Å². The van der Waals surface area contributed by atoms with E-state index in [-0.39, 0.29) is 0 Å². The highest BCUT2D eigenvalue weighted by Crippen LogP contribution is 1.72. The van der Waals surface area contributed by atoms with Gasteiger partial charge in [0, 0.05) is 6.20 Å². The van der Waals surface area contributed by atoms with Crippen LogP contribution in [0.25, 0.3) is 12.2 Å². The van der Waals surface area contributed by atoms with E-state index < -0.39 is 0 Å². The van der Waals surface area contributed by atoms with Crippen LogP contribution in [0.4, 0.5) is 0 Å². The summed E-state index contributed by atoms with van der Waals surface area (Å²) in [6.07, 6.45) is 9.90. The van der Waals surface area contributed by atoms with Crippen LogP contribution in [0.3, 0.4) is 0 Å². The molecule has 0 spiro atoms. The third-order valence-electron chi connectivity index (χ3n) is 1.61. The molecule has 0 aliphatic carbocycles. The summed E-state index contributed by atoms with van der Waals surface area (Å²) < 4.78 is 0. The molecule has 0 aliphatic rings. The molecule has 0 amide bonds. The molecule has 0 aliphatic heterocycles. The van der Waals surface area contributed by atoms with Crippen molar-refractivity contribution in [1.82, 2.24) is 4.98 Å². The Morgan fingerprint density at radius 2 is 2.17 bits per heavy atom. The van der Waals surface area contributed by atoms with E-state index in [1.54, 1.807) is 0 Å². The van der Waals surface area contributed by atoms with Crippen LogP contribution < -0.4 is 10.6 Å². The van der Waals surface area contributed by atoms with Crippen molar-refractivity contribution in [1.29, 1.82) is 0 Å². The molecule has 1 heterocycles. The Hall–Kier alpha value is -1.37. The highest BCUT2D eigenvalue weighted by atomic mass is 14.6. The number of rotatable bonds is 1. The first-order valence-electron chi connectivity index (χ1n) is 4.09. The number of hydrogen-bond acceptors (Lipinski definition) is 1. The Morgan fingerprint density at radius 1 is 1.33 bits per heavy atom. The maximum Gasteiger partial charge on any atom is 0.0659 e. The van der Waals surface area contributed by atoms with Crippen molar-refractivity contribution in [3.63, 3.8) is 0 Å². The average Bonchev–Trinajstić information content (AvgIpc) is 2.15. The Morgan fingerprint density at radius 3 is 2.83 bits per heavy atom. The molecule has 1 aromatic rings. The average molecular weight is 159 g/mol. The van der Waals surface area contributed by atoms with Gasteiger partial charge in [0.15, 0.2) is 0 Å². The van der Waals surface area contributed by atoms with Gasteiger partial charge < -0.3 is 0 Å². The summed E-state index contributed by atoms with van der Waals surface area (Å²) in [5, 5.41) is 2.20. The smallest absolute Gasteiger partial charge is 0.0659 e. The normalized spacial score (nSPS) is 14.5. The molecule has 0 saturated heterocycles. The molecular weight excluding hydrogens is 146 g/mol. The maximum absolute atomic E-state index is 4.23. The lowest BCUT2D eigenvalue weighted by atomic mass is 10.3. The lowest BCUT2D eigenvalue weighted by molar-refractivity contribution is 1.22. The summed E-state index contributed by atoms with van der Waals surface area (Å²) in [5.74, 6) is 0. The highest BCUT2D eigenvalue weighted by Gasteiger charge is 1.79. The first kappa shape index (κ1) is 8.72. The third-order valence-corrected chi connectivity index (χ3v) is 1.61. The lowest BCUT2D eigenvalue weighted by Crippen LogP contribution is -2.26. The van der Waals surface area contributed by atoms with Crippen molar-refractivity contribution >= 4 is 12.2 Å². The second kappa shape index (κ2) is 4.50. The largest absolute Gasteiger partial charge is 0.257 e. The summed E-state index contributed by atoms with van der Waals surface area (Å²) in [4.78, 5) is 4.23. The van der Waals surface area contributed by atoms with Gasteiger partial charge in [0.05, 0.1) is 5.35 Å². The summed E-state index contributed by atoms with van der Waals surface area (Å²) >= 11 is 0. The number of allylic oxidation sites excluding steroid dienone is 2. The molecule has 0 atom stereocenters. The number of pyridine rings is 1. The van der Waals surface area contributed by atoms with Crippen LogP contribution in [0, 0.1) is 0 Å². The van der Waals surface area contributed by atoms with Crippen LogP contribution in [0.15, 0.2) is 30.5 Å². The fraction of sp³-hybridized carbons (Fsp3) is 0.182. The van der Waals surface area contributed by atoms with Gasteiger partial charge >= 0.3 is 0 Å². The van der Waals surface area contributed by atoms with Crippen LogP contribution in [-0.4, -0.2) is 4.98 Å². The molecule has 1 aromatic heterocycles. The standard InChI is InChI=1S/C11H13N/c1-3-5-7-10-8-6-9-12-11(10)4-2/h3-9H,1-2H3/b5-3-,10-7-,11-4-. The van der Waals surface area contributed by atoms with Crippen LogP contribution >= 0.6 is 0 Å². The van der Waals surface area contributed by atoms with Crippen molar-refractivity contribution in [2.24, 2.45) is 0 Å². The molecule has 12 heavy (non-hydrogen) atoms. The fourth-order valence-corrected chi connectivity index (χ4v) is 1.01. The molecule has 0 unspecified atom stereocenters. The Balaban J connectivity index is 3.33. The van der Waals surface area contributed by atoms with Gasteiger partial charge in [0.2, 0.25) is 0 Å². The first-order chi connectivity index (χ1) is 5.88. The van der Waals surface area contributed by atoms with Gasteiger partial charge in [-0.15, -0.1) is 0 Å². The van der Waals surface area contributed by atoms with Gasteiger partial charge in [0.1, 0.15) is 0 Å². The van der Waals surface area contributed by atoms with Crippen molar-refractivity contribution in [3.8, 4) is 0 Å². The van der Waals surface area contributed by atoms with E-state index in [4.69, 9.17) is 0 Å². The minimum Gasteiger partial charge on any atom is -0.257 e. The summed E-state index contributed by atoms with van der Waals surface area (Å²) in [6, 6.07) is 4.00. The van der Waals surface area contributed by atoms with E-state index >= 15 is 0 Å². The highest BCUT2D eigenvalue weighted by molar-refractivity contribution is 5.37. The van der Waals surface area contributed by atoms with Gasteiger partial charge in [0.25, 0.3) is 0 Å². The van der Waals surface area contributed by atoms with Crippen molar-refractivity contribution in [2.45, 2.75) is 13.8 Å². The zero-order valence-corrected chi connectivity index (χ0v) is 7.49. The minimum atomic E-state index is 1.04. The van der Waals surface area contributed by atoms with E-state index in [9.17, 15) is 0 Å². The second-order valence-electron chi connectivity index (χ2n) is 2.46. The fourth-order valence-electron chi connectivity index (χ4n) is 1.01. The molecule has 1 rings (SSSR count). The molecule has 0 N–H and O–H groups in total. The molecule has 0 radical (unpaired) electrons. The molecule has 1 heteroatoms. The van der Waals surface area contributed by atoms with Crippen LogP contribution in [0.1, 0.15) is 13.8 Å². The zero-order valence-electron chi connectivity index (χ0n) is 7.49. The Bertz CT molecular complexity index is 374. The van der Waals surface area contributed by atoms with Crippen molar-refractivity contribution in [2.75, 3.05) is 0 Å². The zero-order chi connectivity index (χ0) is 8.81. The van der Waals surface area contributed by atoms with E-state index in [0.717, 1.165) is 10.6 Å². The topological polar surface area (TPSA) is 12.9 Å². The Kier molecular flexibility index (Phi) is 3.27. The predicted octanol–water partition coefficient (Wildman–Crippen LogP) is 1.24. The number of hydrogen-bond donors (Lipinski definition) is 0. The van der Waals surface area contributed by atoms with Crippen LogP contribution in [-0.2, 0) is 0 Å². The maximum atomic E-state index is 4.23. The van der Waals surface area contributed by atoms with Gasteiger partial charge in [-0.05, 0) is 25.1 Å². The van der Waals surface area contributed by atoms with Gasteiger partial charge in [-0.2, -0.15) is 0 Å². The van der Waals surface area contributed by atoms with Gasteiger partial charge in [-0.25, -0.2) is 0 Å². The quantitative estimate of drug-likeness (QED) is 0.600. The lowest BCUT2D eigenvalue weighted by Gasteiger charge is -1.85. The molecular formula is C11H13N. The third kappa shape index (κ3) is 2.06. The van der Waals surface area contributed by atoms with Gasteiger partial charge in [-0.1, -0.05) is 30.4 Å². The number of nitrogens with zero attached hydrogens (tertiary/aromatic N) is 1. The number of aromatic nitrogens is 1. The van der Waals surface area contributed by atoms with E-state index in [2.05, 4.69) is 17.1 Å². The van der Waals surface area contributed by atoms with E-state index in [1.807, 2.05) is 44.3 Å². The monoisotopic (exact) mass is 159 g/mol. The first-order valence-corrected chi connectivity index (χ1v) is 4.09. The van der Waals surface area contributed by atoms with Crippen LogP contribution in [0.5, 0.6) is 0 Å². The molecule has 0 fully saturated rings. The summed E-state index contributed by atoms with van der Waals surface area (Å²) in [6.45, 7) is 4.00. The minimum absolute atomic E-state index is 1.04. The molecule has 0 saturated carbocycles.